The first-order chi connectivity index (χ1) is 8.49. The molecule has 0 aliphatic carbocycles. The molecule has 0 amide bonds. The zero-order valence-electron chi connectivity index (χ0n) is 11.6. The van der Waals surface area contributed by atoms with Gasteiger partial charge >= 0.3 is 0 Å². The van der Waals surface area contributed by atoms with Gasteiger partial charge in [0.1, 0.15) is 5.75 Å². The van der Waals surface area contributed by atoms with Crippen molar-refractivity contribution in [3.63, 3.8) is 0 Å². The number of fused-ring (bicyclic) bond motifs is 1. The minimum Gasteiger partial charge on any atom is -0.497 e. The molecule has 0 unspecified atom stereocenters. The van der Waals surface area contributed by atoms with Crippen LogP contribution in [0.3, 0.4) is 0 Å². The molecule has 0 fully saturated rings. The van der Waals surface area contributed by atoms with Crippen LogP contribution in [0.15, 0.2) is 24.4 Å². The molecule has 3 nitrogen and oxygen atoms in total. The highest BCUT2D eigenvalue weighted by molar-refractivity contribution is 5.84. The molecule has 0 aliphatic rings. The summed E-state index contributed by atoms with van der Waals surface area (Å²) in [6.45, 7) is 7.55. The van der Waals surface area contributed by atoms with Crippen LogP contribution >= 0.6 is 0 Å². The van der Waals surface area contributed by atoms with Crippen molar-refractivity contribution in [1.29, 1.82) is 0 Å². The molecular formula is C15H22N2O. The number of ether oxygens (including phenoxy) is 1. The van der Waals surface area contributed by atoms with Gasteiger partial charge < -0.3 is 15.0 Å². The van der Waals surface area contributed by atoms with Gasteiger partial charge in [-0.15, -0.1) is 0 Å². The van der Waals surface area contributed by atoms with Gasteiger partial charge in [0.15, 0.2) is 0 Å². The van der Waals surface area contributed by atoms with Crippen molar-refractivity contribution in [1.82, 2.24) is 10.3 Å². The summed E-state index contributed by atoms with van der Waals surface area (Å²) in [6.07, 6.45) is 3.12. The van der Waals surface area contributed by atoms with E-state index >= 15 is 0 Å². The maximum absolute atomic E-state index is 5.23. The number of hydrogen-bond acceptors (Lipinski definition) is 2. The van der Waals surface area contributed by atoms with E-state index in [9.17, 15) is 0 Å². The van der Waals surface area contributed by atoms with E-state index in [4.69, 9.17) is 4.74 Å². The quantitative estimate of drug-likeness (QED) is 0.869. The second-order valence-electron chi connectivity index (χ2n) is 5.65. The molecule has 0 aliphatic heterocycles. The van der Waals surface area contributed by atoms with Crippen molar-refractivity contribution in [2.24, 2.45) is 0 Å². The number of benzene rings is 1. The normalized spacial score (nSPS) is 12.0. The molecule has 1 aromatic heterocycles. The van der Waals surface area contributed by atoms with E-state index in [0.29, 0.717) is 0 Å². The van der Waals surface area contributed by atoms with E-state index in [1.807, 2.05) is 12.1 Å². The van der Waals surface area contributed by atoms with Gasteiger partial charge in [0.2, 0.25) is 0 Å². The van der Waals surface area contributed by atoms with E-state index in [1.165, 1.54) is 10.9 Å². The Morgan fingerprint density at radius 2 is 2.06 bits per heavy atom. The molecule has 2 aromatic rings. The summed E-state index contributed by atoms with van der Waals surface area (Å²) in [5.41, 5.74) is 2.67. The number of rotatable bonds is 4. The number of H-pyrrole nitrogens is 1. The predicted molar refractivity (Wildman–Crippen MR) is 76.3 cm³/mol. The Labute approximate surface area is 109 Å². The molecule has 3 heteroatoms. The molecule has 0 bridgehead atoms. The first kappa shape index (κ1) is 13.0. The Bertz CT molecular complexity index is 523. The molecule has 0 atom stereocenters. The fourth-order valence-corrected chi connectivity index (χ4v) is 2.07. The maximum atomic E-state index is 5.23. The van der Waals surface area contributed by atoms with E-state index in [0.717, 1.165) is 24.2 Å². The summed E-state index contributed by atoms with van der Waals surface area (Å²) >= 11 is 0. The highest BCUT2D eigenvalue weighted by Gasteiger charge is 2.09. The van der Waals surface area contributed by atoms with Crippen LogP contribution in [0.5, 0.6) is 5.75 Å². The monoisotopic (exact) mass is 246 g/mol. The smallest absolute Gasteiger partial charge is 0.120 e. The van der Waals surface area contributed by atoms with Gasteiger partial charge in [-0.1, -0.05) is 0 Å². The summed E-state index contributed by atoms with van der Waals surface area (Å²) in [5, 5.41) is 4.79. The fourth-order valence-electron chi connectivity index (χ4n) is 2.07. The second-order valence-corrected chi connectivity index (χ2v) is 5.65. The van der Waals surface area contributed by atoms with Crippen LogP contribution in [0, 0.1) is 0 Å². The van der Waals surface area contributed by atoms with Crippen molar-refractivity contribution >= 4 is 10.9 Å². The topological polar surface area (TPSA) is 37.0 Å². The Morgan fingerprint density at radius 3 is 2.72 bits per heavy atom. The van der Waals surface area contributed by atoms with Gasteiger partial charge in [-0.25, -0.2) is 0 Å². The zero-order chi connectivity index (χ0) is 13.2. The molecule has 0 spiro atoms. The molecule has 0 saturated heterocycles. The minimum atomic E-state index is 0.176. The number of hydrogen-bond donors (Lipinski definition) is 2. The fraction of sp³-hybridized carbons (Fsp3) is 0.467. The summed E-state index contributed by atoms with van der Waals surface area (Å²) in [7, 11) is 1.69. The Morgan fingerprint density at radius 1 is 1.28 bits per heavy atom. The number of aromatic amines is 1. The van der Waals surface area contributed by atoms with E-state index in [2.05, 4.69) is 43.3 Å². The Kier molecular flexibility index (Phi) is 3.62. The van der Waals surface area contributed by atoms with Crippen LogP contribution in [0.1, 0.15) is 26.3 Å². The third kappa shape index (κ3) is 3.05. The summed E-state index contributed by atoms with van der Waals surface area (Å²) in [6, 6.07) is 6.17. The standard InChI is InChI=1S/C15H22N2O/c1-15(2,3)17-8-7-11-10-16-14-9-12(18-4)5-6-13(11)14/h5-6,9-10,16-17H,7-8H2,1-4H3. The average Bonchev–Trinajstić information content (AvgIpc) is 2.70. The lowest BCUT2D eigenvalue weighted by atomic mass is 10.1. The first-order valence-electron chi connectivity index (χ1n) is 6.38. The summed E-state index contributed by atoms with van der Waals surface area (Å²) < 4.78 is 5.23. The zero-order valence-corrected chi connectivity index (χ0v) is 11.6. The minimum absolute atomic E-state index is 0.176. The molecule has 18 heavy (non-hydrogen) atoms. The molecule has 2 rings (SSSR count). The van der Waals surface area contributed by atoms with Crippen LogP contribution < -0.4 is 10.1 Å². The van der Waals surface area contributed by atoms with Crippen molar-refractivity contribution in [3.05, 3.63) is 30.0 Å². The van der Waals surface area contributed by atoms with Gasteiger partial charge in [-0.05, 0) is 51.4 Å². The van der Waals surface area contributed by atoms with Crippen LogP contribution in [-0.4, -0.2) is 24.2 Å². The van der Waals surface area contributed by atoms with Gasteiger partial charge in [0, 0.05) is 28.7 Å². The van der Waals surface area contributed by atoms with Crippen LogP contribution in [0.25, 0.3) is 10.9 Å². The molecule has 1 heterocycles. The molecule has 0 saturated carbocycles. The van der Waals surface area contributed by atoms with Crippen molar-refractivity contribution in [2.75, 3.05) is 13.7 Å². The number of nitrogens with one attached hydrogen (secondary N) is 2. The second kappa shape index (κ2) is 5.02. The molecule has 2 N–H and O–H groups in total. The SMILES string of the molecule is COc1ccc2c(CCNC(C)(C)C)c[nH]c2c1. The van der Waals surface area contributed by atoms with E-state index < -0.39 is 0 Å². The van der Waals surface area contributed by atoms with Crippen LogP contribution in [-0.2, 0) is 6.42 Å². The molecule has 1 aromatic carbocycles. The lowest BCUT2D eigenvalue weighted by molar-refractivity contribution is 0.415. The highest BCUT2D eigenvalue weighted by atomic mass is 16.5. The lowest BCUT2D eigenvalue weighted by Crippen LogP contribution is -2.37. The number of methoxy groups -OCH3 is 1. The summed E-state index contributed by atoms with van der Waals surface area (Å²) in [5.74, 6) is 0.892. The molecular weight excluding hydrogens is 224 g/mol. The number of aromatic nitrogens is 1. The Balaban J connectivity index is 2.10. The lowest BCUT2D eigenvalue weighted by Gasteiger charge is -2.20. The first-order valence-corrected chi connectivity index (χ1v) is 6.38. The highest BCUT2D eigenvalue weighted by Crippen LogP contribution is 2.23. The van der Waals surface area contributed by atoms with Crippen molar-refractivity contribution in [3.8, 4) is 5.75 Å². The van der Waals surface area contributed by atoms with E-state index in [1.54, 1.807) is 7.11 Å². The van der Waals surface area contributed by atoms with Crippen molar-refractivity contribution < 1.29 is 4.74 Å². The van der Waals surface area contributed by atoms with Crippen LogP contribution in [0.2, 0.25) is 0 Å². The van der Waals surface area contributed by atoms with Gasteiger partial charge in [0.05, 0.1) is 7.11 Å². The van der Waals surface area contributed by atoms with Gasteiger partial charge in [-0.3, -0.25) is 0 Å². The largest absolute Gasteiger partial charge is 0.497 e. The maximum Gasteiger partial charge on any atom is 0.120 e. The van der Waals surface area contributed by atoms with Gasteiger partial charge in [-0.2, -0.15) is 0 Å². The third-order valence-electron chi connectivity index (χ3n) is 3.02. The Hall–Kier alpha value is -1.48. The predicted octanol–water partition coefficient (Wildman–Crippen LogP) is 3.11. The third-order valence-corrected chi connectivity index (χ3v) is 3.02. The molecule has 0 radical (unpaired) electrons. The average molecular weight is 246 g/mol. The molecule has 98 valence electrons. The summed E-state index contributed by atoms with van der Waals surface area (Å²) in [4.78, 5) is 3.30. The van der Waals surface area contributed by atoms with Gasteiger partial charge in [0.25, 0.3) is 0 Å². The van der Waals surface area contributed by atoms with E-state index in [-0.39, 0.29) is 5.54 Å². The van der Waals surface area contributed by atoms with Crippen LogP contribution in [0.4, 0.5) is 0 Å². The van der Waals surface area contributed by atoms with Crippen molar-refractivity contribution in [2.45, 2.75) is 32.7 Å².